The summed E-state index contributed by atoms with van der Waals surface area (Å²) < 4.78 is 39.0. The minimum atomic E-state index is -3.80. The van der Waals surface area contributed by atoms with Crippen LogP contribution < -0.4 is 19.1 Å². The highest BCUT2D eigenvalue weighted by Crippen LogP contribution is 2.33. The third kappa shape index (κ3) is 5.73. The molecule has 3 aromatic rings. The van der Waals surface area contributed by atoms with Gasteiger partial charge in [0.25, 0.3) is 15.9 Å². The fourth-order valence-corrected chi connectivity index (χ4v) is 5.07. The van der Waals surface area contributed by atoms with Gasteiger partial charge in [0, 0.05) is 43.6 Å². The maximum Gasteiger partial charge on any atom is 0.261 e. The van der Waals surface area contributed by atoms with Crippen molar-refractivity contribution in [3.05, 3.63) is 77.9 Å². The Morgan fingerprint density at radius 3 is 2.03 bits per heavy atom. The molecule has 1 amide bonds. The van der Waals surface area contributed by atoms with Crippen molar-refractivity contribution >= 4 is 27.3 Å². The van der Waals surface area contributed by atoms with Crippen LogP contribution in [0.5, 0.6) is 11.5 Å². The van der Waals surface area contributed by atoms with E-state index in [1.54, 1.807) is 55.6 Å². The topological polar surface area (TPSA) is 88.2 Å². The van der Waals surface area contributed by atoms with Gasteiger partial charge < -0.3 is 19.3 Å². The van der Waals surface area contributed by atoms with E-state index >= 15 is 0 Å². The van der Waals surface area contributed by atoms with E-state index in [2.05, 4.69) is 4.72 Å². The number of hydrogen-bond donors (Lipinski definition) is 1. The number of carbonyl (C=O) groups excluding carboxylic acids is 1. The molecule has 4 rings (SSSR count). The molecule has 1 aliphatic rings. The number of sulfonamides is 1. The Morgan fingerprint density at radius 2 is 1.50 bits per heavy atom. The molecule has 0 saturated heterocycles. The van der Waals surface area contributed by atoms with Crippen LogP contribution in [0, 0.1) is 0 Å². The second-order valence-electron chi connectivity index (χ2n) is 8.91. The Balaban J connectivity index is 1.61. The van der Waals surface area contributed by atoms with Crippen LogP contribution in [0.15, 0.2) is 71.6 Å². The summed E-state index contributed by atoms with van der Waals surface area (Å²) in [6.07, 6.45) is 1.89. The van der Waals surface area contributed by atoms with E-state index in [4.69, 9.17) is 9.47 Å². The first-order valence-corrected chi connectivity index (χ1v) is 13.1. The Labute approximate surface area is 212 Å². The number of nitrogens with one attached hydrogen (secondary N) is 1. The zero-order chi connectivity index (χ0) is 25.9. The van der Waals surface area contributed by atoms with Gasteiger partial charge in [0.1, 0.15) is 11.5 Å². The zero-order valence-electron chi connectivity index (χ0n) is 20.9. The molecule has 1 aliphatic carbocycles. The van der Waals surface area contributed by atoms with Crippen molar-refractivity contribution in [2.24, 2.45) is 0 Å². The summed E-state index contributed by atoms with van der Waals surface area (Å²) in [6, 6.07) is 18.8. The Bertz CT molecular complexity index is 1320. The van der Waals surface area contributed by atoms with Crippen LogP contribution in [0.4, 0.5) is 11.4 Å². The molecule has 0 spiro atoms. The number of hydrogen-bond acceptors (Lipinski definition) is 6. The molecule has 0 heterocycles. The molecule has 8 nitrogen and oxygen atoms in total. The second kappa shape index (κ2) is 10.5. The van der Waals surface area contributed by atoms with Crippen molar-refractivity contribution in [1.29, 1.82) is 0 Å². The second-order valence-corrected chi connectivity index (χ2v) is 10.6. The van der Waals surface area contributed by atoms with Crippen LogP contribution in [0.25, 0.3) is 0 Å². The quantitative estimate of drug-likeness (QED) is 0.437. The minimum Gasteiger partial charge on any atom is -0.497 e. The SMILES string of the molecule is COc1ccc(C(=O)N(Cc2cc(NS(=O)(=O)c3ccc(OC)cc3)ccc2N(C)C)C2CC2)cc1. The Morgan fingerprint density at radius 1 is 0.917 bits per heavy atom. The number of nitrogens with zero attached hydrogens (tertiary/aromatic N) is 2. The van der Waals surface area contributed by atoms with Crippen LogP contribution in [-0.2, 0) is 16.6 Å². The lowest BCUT2D eigenvalue weighted by Gasteiger charge is -2.26. The normalized spacial score (nSPS) is 13.1. The first kappa shape index (κ1) is 25.4. The lowest BCUT2D eigenvalue weighted by atomic mass is 10.1. The number of methoxy groups -OCH3 is 2. The number of benzene rings is 3. The summed E-state index contributed by atoms with van der Waals surface area (Å²) in [6.45, 7) is 0.362. The Hall–Kier alpha value is -3.72. The zero-order valence-corrected chi connectivity index (χ0v) is 21.7. The van der Waals surface area contributed by atoms with Crippen molar-refractivity contribution < 1.29 is 22.7 Å². The first-order valence-electron chi connectivity index (χ1n) is 11.6. The van der Waals surface area contributed by atoms with Gasteiger partial charge in [-0.2, -0.15) is 0 Å². The Kier molecular flexibility index (Phi) is 7.40. The number of carbonyl (C=O) groups is 1. The highest BCUT2D eigenvalue weighted by Gasteiger charge is 2.33. The van der Waals surface area contributed by atoms with Crippen LogP contribution in [0.2, 0.25) is 0 Å². The average Bonchev–Trinajstić information content (AvgIpc) is 3.72. The van der Waals surface area contributed by atoms with Gasteiger partial charge in [0.2, 0.25) is 0 Å². The number of amides is 1. The van der Waals surface area contributed by atoms with Crippen molar-refractivity contribution in [1.82, 2.24) is 4.90 Å². The third-order valence-electron chi connectivity index (χ3n) is 6.11. The maximum absolute atomic E-state index is 13.4. The summed E-state index contributed by atoms with van der Waals surface area (Å²) in [7, 11) is 3.17. The summed E-state index contributed by atoms with van der Waals surface area (Å²) >= 11 is 0. The molecule has 0 bridgehead atoms. The molecule has 190 valence electrons. The van der Waals surface area contributed by atoms with Crippen LogP contribution in [0.1, 0.15) is 28.8 Å². The predicted molar refractivity (Wildman–Crippen MR) is 140 cm³/mol. The molecule has 1 saturated carbocycles. The lowest BCUT2D eigenvalue weighted by Crippen LogP contribution is -2.33. The summed E-state index contributed by atoms with van der Waals surface area (Å²) in [5.41, 5.74) is 2.78. The maximum atomic E-state index is 13.4. The highest BCUT2D eigenvalue weighted by atomic mass is 32.2. The smallest absolute Gasteiger partial charge is 0.261 e. The highest BCUT2D eigenvalue weighted by molar-refractivity contribution is 7.92. The van der Waals surface area contributed by atoms with Gasteiger partial charge in [-0.05, 0) is 85.1 Å². The molecule has 0 unspecified atom stereocenters. The van der Waals surface area contributed by atoms with Crippen LogP contribution in [0.3, 0.4) is 0 Å². The van der Waals surface area contributed by atoms with Gasteiger partial charge in [-0.3, -0.25) is 9.52 Å². The molecule has 0 atom stereocenters. The first-order chi connectivity index (χ1) is 17.2. The molecule has 9 heteroatoms. The fourth-order valence-electron chi connectivity index (χ4n) is 4.02. The summed E-state index contributed by atoms with van der Waals surface area (Å²) in [5, 5.41) is 0. The van der Waals surface area contributed by atoms with Gasteiger partial charge in [0.05, 0.1) is 19.1 Å². The summed E-state index contributed by atoms with van der Waals surface area (Å²) in [5.74, 6) is 1.21. The van der Waals surface area contributed by atoms with E-state index in [0.717, 1.165) is 24.1 Å². The van der Waals surface area contributed by atoms with Gasteiger partial charge in [0.15, 0.2) is 0 Å². The molecule has 0 aliphatic heterocycles. The fraction of sp³-hybridized carbons (Fsp3) is 0.296. The molecule has 0 aromatic heterocycles. The third-order valence-corrected chi connectivity index (χ3v) is 7.51. The van der Waals surface area contributed by atoms with Crippen molar-refractivity contribution in [3.8, 4) is 11.5 Å². The van der Waals surface area contributed by atoms with E-state index in [1.165, 1.54) is 19.2 Å². The number of anilines is 2. The van der Waals surface area contributed by atoms with Crippen molar-refractivity contribution in [2.45, 2.75) is 30.3 Å². The molecule has 36 heavy (non-hydrogen) atoms. The van der Waals surface area contributed by atoms with Crippen LogP contribution in [-0.4, -0.2) is 53.6 Å². The molecule has 1 N–H and O–H groups in total. The number of ether oxygens (including phenoxy) is 2. The van der Waals surface area contributed by atoms with Gasteiger partial charge in [-0.15, -0.1) is 0 Å². The number of rotatable bonds is 10. The lowest BCUT2D eigenvalue weighted by molar-refractivity contribution is 0.0730. The standard InChI is InChI=1S/C27H31N3O5S/c1-29(2)26-16-7-21(28-36(32,33)25-14-12-24(35-4)13-15-25)17-20(26)18-30(22-8-9-22)27(31)19-5-10-23(34-3)11-6-19/h5-7,10-17,22,28H,8-9,18H2,1-4H3. The van der Waals surface area contributed by atoms with E-state index < -0.39 is 10.0 Å². The molecule has 3 aromatic carbocycles. The average molecular weight is 510 g/mol. The van der Waals surface area contributed by atoms with Crippen molar-refractivity contribution in [3.63, 3.8) is 0 Å². The summed E-state index contributed by atoms with van der Waals surface area (Å²) in [4.78, 5) is 17.4. The van der Waals surface area contributed by atoms with Crippen LogP contribution >= 0.6 is 0 Å². The van der Waals surface area contributed by atoms with Gasteiger partial charge >= 0.3 is 0 Å². The monoisotopic (exact) mass is 509 g/mol. The molecular formula is C27H31N3O5S. The van der Waals surface area contributed by atoms with Crippen molar-refractivity contribution in [2.75, 3.05) is 37.9 Å². The molecular weight excluding hydrogens is 478 g/mol. The van der Waals surface area contributed by atoms with Gasteiger partial charge in [-0.25, -0.2) is 8.42 Å². The predicted octanol–water partition coefficient (Wildman–Crippen LogP) is 4.38. The molecule has 1 fully saturated rings. The van der Waals surface area contributed by atoms with E-state index in [1.807, 2.05) is 30.0 Å². The molecule has 0 radical (unpaired) electrons. The largest absolute Gasteiger partial charge is 0.497 e. The van der Waals surface area contributed by atoms with E-state index in [0.29, 0.717) is 29.3 Å². The van der Waals surface area contributed by atoms with E-state index in [-0.39, 0.29) is 16.8 Å². The van der Waals surface area contributed by atoms with E-state index in [9.17, 15) is 13.2 Å². The minimum absolute atomic E-state index is 0.0610. The van der Waals surface area contributed by atoms with Gasteiger partial charge in [-0.1, -0.05) is 0 Å².